The highest BCUT2D eigenvalue weighted by atomic mass is 32.2. The molecule has 156 valence electrons. The van der Waals surface area contributed by atoms with Gasteiger partial charge in [0.25, 0.3) is 0 Å². The molecule has 4 rings (SSSR count). The van der Waals surface area contributed by atoms with E-state index in [4.69, 9.17) is 14.6 Å². The van der Waals surface area contributed by atoms with Crippen LogP contribution in [0.3, 0.4) is 0 Å². The first-order valence-corrected chi connectivity index (χ1v) is 11.0. The van der Waals surface area contributed by atoms with E-state index in [9.17, 15) is 13.2 Å². The molecule has 0 spiro atoms. The summed E-state index contributed by atoms with van der Waals surface area (Å²) in [6.45, 7) is 0.125. The SMILES string of the molecule is O=C(O)COc1ccc2c(c1)CCOC2CNS(=O)(=O)c1ccc2ccccc2c1. The summed E-state index contributed by atoms with van der Waals surface area (Å²) < 4.78 is 39.2. The van der Waals surface area contributed by atoms with Crippen molar-refractivity contribution < 1.29 is 27.8 Å². The number of ether oxygens (including phenoxy) is 2. The zero-order valence-corrected chi connectivity index (χ0v) is 16.9. The Balaban J connectivity index is 1.49. The monoisotopic (exact) mass is 427 g/mol. The Kier molecular flexibility index (Phi) is 5.72. The van der Waals surface area contributed by atoms with Gasteiger partial charge in [0.05, 0.1) is 17.6 Å². The van der Waals surface area contributed by atoms with Crippen molar-refractivity contribution in [3.63, 3.8) is 0 Å². The van der Waals surface area contributed by atoms with Crippen molar-refractivity contribution in [3.05, 3.63) is 71.8 Å². The average Bonchev–Trinajstić information content (AvgIpc) is 2.75. The maximum atomic E-state index is 12.8. The Bertz CT molecular complexity index is 1190. The van der Waals surface area contributed by atoms with E-state index >= 15 is 0 Å². The van der Waals surface area contributed by atoms with Crippen LogP contribution >= 0.6 is 0 Å². The molecule has 0 fully saturated rings. The molecule has 0 aliphatic carbocycles. The highest BCUT2D eigenvalue weighted by Gasteiger charge is 2.24. The molecular weight excluding hydrogens is 406 g/mol. The minimum Gasteiger partial charge on any atom is -0.482 e. The molecule has 3 aromatic carbocycles. The van der Waals surface area contributed by atoms with Gasteiger partial charge in [-0.3, -0.25) is 0 Å². The van der Waals surface area contributed by atoms with E-state index in [0.29, 0.717) is 18.8 Å². The molecule has 3 aromatic rings. The normalized spacial score (nSPS) is 16.2. The third kappa shape index (κ3) is 4.46. The Morgan fingerprint density at radius 1 is 1.10 bits per heavy atom. The first kappa shape index (κ1) is 20.3. The van der Waals surface area contributed by atoms with Gasteiger partial charge in [0.1, 0.15) is 5.75 Å². The van der Waals surface area contributed by atoms with Gasteiger partial charge in [-0.1, -0.05) is 36.4 Å². The number of hydrogen-bond donors (Lipinski definition) is 2. The van der Waals surface area contributed by atoms with Crippen LogP contribution in [0.25, 0.3) is 10.8 Å². The highest BCUT2D eigenvalue weighted by molar-refractivity contribution is 7.89. The topological polar surface area (TPSA) is 102 Å². The number of aliphatic carboxylic acids is 1. The molecule has 0 saturated carbocycles. The van der Waals surface area contributed by atoms with Crippen molar-refractivity contribution in [1.29, 1.82) is 0 Å². The van der Waals surface area contributed by atoms with Crippen molar-refractivity contribution in [3.8, 4) is 5.75 Å². The molecule has 0 aromatic heterocycles. The molecule has 0 amide bonds. The van der Waals surface area contributed by atoms with Crippen LogP contribution in [0.4, 0.5) is 0 Å². The molecule has 1 aliphatic rings. The van der Waals surface area contributed by atoms with Crippen molar-refractivity contribution >= 4 is 26.8 Å². The number of benzene rings is 3. The standard InChI is InChI=1S/C22H21NO6S/c24-22(25)14-29-18-6-8-20-17(11-18)9-10-28-21(20)13-23-30(26,27)19-7-5-15-3-1-2-4-16(15)12-19/h1-8,11-12,21,23H,9-10,13-14H2,(H,24,25). The summed E-state index contributed by atoms with van der Waals surface area (Å²) in [5.74, 6) is -0.578. The summed E-state index contributed by atoms with van der Waals surface area (Å²) in [5.41, 5.74) is 1.82. The Morgan fingerprint density at radius 3 is 2.70 bits per heavy atom. The predicted octanol–water partition coefficient (Wildman–Crippen LogP) is 2.90. The van der Waals surface area contributed by atoms with Gasteiger partial charge in [-0.15, -0.1) is 0 Å². The lowest BCUT2D eigenvalue weighted by molar-refractivity contribution is -0.139. The maximum Gasteiger partial charge on any atom is 0.341 e. The van der Waals surface area contributed by atoms with Gasteiger partial charge in [0.2, 0.25) is 10.0 Å². The van der Waals surface area contributed by atoms with Crippen LogP contribution in [-0.2, 0) is 26.0 Å². The van der Waals surface area contributed by atoms with E-state index in [1.165, 1.54) is 0 Å². The van der Waals surface area contributed by atoms with Crippen molar-refractivity contribution in [2.75, 3.05) is 19.8 Å². The lowest BCUT2D eigenvalue weighted by Gasteiger charge is -2.26. The van der Waals surface area contributed by atoms with E-state index in [2.05, 4.69) is 4.72 Å². The largest absolute Gasteiger partial charge is 0.482 e. The molecule has 0 radical (unpaired) electrons. The van der Waals surface area contributed by atoms with Gasteiger partial charge in [-0.05, 0) is 52.6 Å². The number of carboxylic acid groups (broad SMARTS) is 1. The van der Waals surface area contributed by atoms with Crippen LogP contribution in [0.2, 0.25) is 0 Å². The van der Waals surface area contributed by atoms with Crippen molar-refractivity contribution in [1.82, 2.24) is 4.72 Å². The van der Waals surface area contributed by atoms with E-state index < -0.39 is 28.7 Å². The molecule has 7 nitrogen and oxygen atoms in total. The zero-order chi connectivity index (χ0) is 21.1. The molecule has 0 bridgehead atoms. The third-order valence-corrected chi connectivity index (χ3v) is 6.43. The smallest absolute Gasteiger partial charge is 0.341 e. The van der Waals surface area contributed by atoms with Crippen LogP contribution in [0.5, 0.6) is 5.75 Å². The van der Waals surface area contributed by atoms with E-state index in [1.54, 1.807) is 36.4 Å². The molecular formula is C22H21NO6S. The number of fused-ring (bicyclic) bond motifs is 2. The van der Waals surface area contributed by atoms with Crippen molar-refractivity contribution in [2.45, 2.75) is 17.4 Å². The van der Waals surface area contributed by atoms with Crippen LogP contribution in [0.15, 0.2) is 65.6 Å². The number of nitrogens with one attached hydrogen (secondary N) is 1. The number of rotatable bonds is 7. The minimum atomic E-state index is -3.70. The number of carbonyl (C=O) groups is 1. The highest BCUT2D eigenvalue weighted by Crippen LogP contribution is 2.30. The van der Waals surface area contributed by atoms with Crippen LogP contribution in [0, 0.1) is 0 Å². The lowest BCUT2D eigenvalue weighted by atomic mass is 9.97. The van der Waals surface area contributed by atoms with E-state index in [0.717, 1.165) is 21.9 Å². The molecule has 8 heteroatoms. The fourth-order valence-electron chi connectivity index (χ4n) is 3.52. The molecule has 0 saturated heterocycles. The van der Waals surface area contributed by atoms with Crippen molar-refractivity contribution in [2.24, 2.45) is 0 Å². The Hall–Kier alpha value is -2.94. The third-order valence-electron chi connectivity index (χ3n) is 5.00. The Labute approximate surface area is 174 Å². The fourth-order valence-corrected chi connectivity index (χ4v) is 4.59. The quantitative estimate of drug-likeness (QED) is 0.601. The second kappa shape index (κ2) is 8.43. The van der Waals surface area contributed by atoms with Gasteiger partial charge in [0, 0.05) is 6.54 Å². The summed E-state index contributed by atoms with van der Waals surface area (Å²) in [6.07, 6.45) is 0.213. The lowest BCUT2D eigenvalue weighted by Crippen LogP contribution is -2.32. The second-order valence-corrected chi connectivity index (χ2v) is 8.78. The van der Waals surface area contributed by atoms with Crippen LogP contribution in [0.1, 0.15) is 17.2 Å². The van der Waals surface area contributed by atoms with E-state index in [-0.39, 0.29) is 11.4 Å². The summed E-state index contributed by atoms with van der Waals surface area (Å²) in [7, 11) is -3.70. The van der Waals surface area contributed by atoms with Crippen LogP contribution < -0.4 is 9.46 Å². The summed E-state index contributed by atoms with van der Waals surface area (Å²) in [6, 6.07) is 17.9. The second-order valence-electron chi connectivity index (χ2n) is 7.01. The van der Waals surface area contributed by atoms with Gasteiger partial charge in [0.15, 0.2) is 6.61 Å². The predicted molar refractivity (Wildman–Crippen MR) is 111 cm³/mol. The van der Waals surface area contributed by atoms with Gasteiger partial charge in [-0.25, -0.2) is 17.9 Å². The van der Waals surface area contributed by atoms with Crippen LogP contribution in [-0.4, -0.2) is 39.3 Å². The summed E-state index contributed by atoms with van der Waals surface area (Å²) in [4.78, 5) is 10.9. The molecule has 2 N–H and O–H groups in total. The molecule has 1 atom stereocenters. The molecule has 1 aliphatic heterocycles. The summed E-state index contributed by atoms with van der Waals surface area (Å²) >= 11 is 0. The van der Waals surface area contributed by atoms with Gasteiger partial charge in [-0.2, -0.15) is 0 Å². The zero-order valence-electron chi connectivity index (χ0n) is 16.1. The van der Waals surface area contributed by atoms with Gasteiger partial charge >= 0.3 is 5.97 Å². The summed E-state index contributed by atoms with van der Waals surface area (Å²) in [5, 5.41) is 10.6. The van der Waals surface area contributed by atoms with Gasteiger partial charge < -0.3 is 14.6 Å². The number of hydrogen-bond acceptors (Lipinski definition) is 5. The number of sulfonamides is 1. The molecule has 1 unspecified atom stereocenters. The maximum absolute atomic E-state index is 12.8. The first-order chi connectivity index (χ1) is 14.4. The fraction of sp³-hybridized carbons (Fsp3) is 0.227. The molecule has 1 heterocycles. The Morgan fingerprint density at radius 2 is 1.90 bits per heavy atom. The average molecular weight is 427 g/mol. The number of carboxylic acids is 1. The minimum absolute atomic E-state index is 0.0947. The van der Waals surface area contributed by atoms with E-state index in [1.807, 2.05) is 24.3 Å². The molecule has 30 heavy (non-hydrogen) atoms. The first-order valence-electron chi connectivity index (χ1n) is 9.50.